The van der Waals surface area contributed by atoms with Crippen LogP contribution in [0.3, 0.4) is 0 Å². The molecule has 0 saturated heterocycles. The van der Waals surface area contributed by atoms with Crippen molar-refractivity contribution >= 4 is 58.4 Å². The molecule has 0 aliphatic rings. The minimum atomic E-state index is -0.337. The maximum atomic E-state index is 11.9. The zero-order valence-electron chi connectivity index (χ0n) is 12.8. The molecule has 0 radical (unpaired) electrons. The number of nitrogens with zero attached hydrogens (tertiary/aromatic N) is 2. The van der Waals surface area contributed by atoms with Crippen LogP contribution >= 0.6 is 40.7 Å². The van der Waals surface area contributed by atoms with E-state index in [2.05, 4.69) is 26.2 Å². The minimum Gasteiger partial charge on any atom is -0.380 e. The van der Waals surface area contributed by atoms with Gasteiger partial charge in [0.15, 0.2) is 0 Å². The average molecular weight is 432 g/mol. The zero-order valence-corrected chi connectivity index (χ0v) is 16.0. The molecular weight excluding hydrogens is 411 g/mol. The van der Waals surface area contributed by atoms with Gasteiger partial charge < -0.3 is 20.7 Å². The Morgan fingerprint density at radius 3 is 2.57 bits per heavy atom. The lowest BCUT2D eigenvalue weighted by Crippen LogP contribution is -2.38. The van der Waals surface area contributed by atoms with Crippen LogP contribution in [0.25, 0.3) is 0 Å². The Morgan fingerprint density at radius 1 is 1.43 bits per heavy atom. The molecule has 0 fully saturated rings. The first kappa shape index (κ1) is 24.3. The van der Waals surface area contributed by atoms with Crippen LogP contribution in [0.15, 0.2) is 22.8 Å². The summed E-state index contributed by atoms with van der Waals surface area (Å²) >= 11 is 3.26. The van der Waals surface area contributed by atoms with Gasteiger partial charge in [-0.3, -0.25) is 9.59 Å². The summed E-state index contributed by atoms with van der Waals surface area (Å²) in [7, 11) is 3.05. The molecular formula is C13H21BrCl2N4O3. The number of aromatic nitrogens is 1. The molecule has 0 aliphatic carbocycles. The Balaban J connectivity index is 0. The van der Waals surface area contributed by atoms with Gasteiger partial charge in [-0.25, -0.2) is 4.98 Å². The highest BCUT2D eigenvalue weighted by Gasteiger charge is 2.17. The topological polar surface area (TPSA) is 97.5 Å². The Hall–Kier alpha value is -0.930. The molecule has 1 heterocycles. The molecule has 132 valence electrons. The third-order valence-electron chi connectivity index (χ3n) is 2.80. The molecule has 0 aliphatic heterocycles. The molecule has 2 amide bonds. The summed E-state index contributed by atoms with van der Waals surface area (Å²) in [6, 6.07) is 3.43. The number of anilines is 1. The van der Waals surface area contributed by atoms with E-state index in [1.165, 1.54) is 12.0 Å². The maximum absolute atomic E-state index is 11.9. The van der Waals surface area contributed by atoms with Crippen molar-refractivity contribution in [3.05, 3.63) is 22.8 Å². The van der Waals surface area contributed by atoms with E-state index in [0.717, 1.165) is 4.47 Å². The molecule has 1 aromatic rings. The van der Waals surface area contributed by atoms with Crippen molar-refractivity contribution < 1.29 is 14.3 Å². The average Bonchev–Trinajstić information content (AvgIpc) is 2.46. The van der Waals surface area contributed by atoms with E-state index in [9.17, 15) is 9.59 Å². The van der Waals surface area contributed by atoms with Gasteiger partial charge in [0, 0.05) is 31.4 Å². The van der Waals surface area contributed by atoms with E-state index in [4.69, 9.17) is 10.5 Å². The van der Waals surface area contributed by atoms with E-state index in [-0.39, 0.29) is 62.2 Å². The highest BCUT2D eigenvalue weighted by Crippen LogP contribution is 2.10. The van der Waals surface area contributed by atoms with E-state index in [1.807, 2.05) is 0 Å². The number of methoxy groups -OCH3 is 1. The lowest BCUT2D eigenvalue weighted by Gasteiger charge is -2.19. The standard InChI is InChI=1S/C13H19BrN4O3.2ClH/c1-18(13(20)5-10(6-15)21-2)8-12(19)17-11-4-3-9(14)7-16-11;;/h3-4,7,10H,5-6,8,15H2,1-2H3,(H,16,17,19);2*1H. The summed E-state index contributed by atoms with van der Waals surface area (Å²) in [5.41, 5.74) is 5.46. The van der Waals surface area contributed by atoms with Gasteiger partial charge in [0.25, 0.3) is 0 Å². The van der Waals surface area contributed by atoms with Gasteiger partial charge in [-0.05, 0) is 28.1 Å². The number of pyridine rings is 1. The fourth-order valence-electron chi connectivity index (χ4n) is 1.55. The van der Waals surface area contributed by atoms with Gasteiger partial charge >= 0.3 is 0 Å². The van der Waals surface area contributed by atoms with Crippen molar-refractivity contribution in [2.45, 2.75) is 12.5 Å². The van der Waals surface area contributed by atoms with Gasteiger partial charge in [0.2, 0.25) is 11.8 Å². The molecule has 1 atom stereocenters. The number of nitrogens with two attached hydrogens (primary N) is 1. The molecule has 0 saturated carbocycles. The number of nitrogens with one attached hydrogen (secondary N) is 1. The summed E-state index contributed by atoms with van der Waals surface area (Å²) in [4.78, 5) is 29.1. The lowest BCUT2D eigenvalue weighted by atomic mass is 10.2. The molecule has 3 N–H and O–H groups in total. The number of carbonyl (C=O) groups is 2. The summed E-state index contributed by atoms with van der Waals surface area (Å²) < 4.78 is 5.86. The highest BCUT2D eigenvalue weighted by atomic mass is 79.9. The van der Waals surface area contributed by atoms with Crippen LogP contribution in [-0.4, -0.2) is 55.0 Å². The van der Waals surface area contributed by atoms with E-state index in [1.54, 1.807) is 25.4 Å². The Morgan fingerprint density at radius 2 is 2.09 bits per heavy atom. The van der Waals surface area contributed by atoms with E-state index < -0.39 is 0 Å². The van der Waals surface area contributed by atoms with Crippen LogP contribution < -0.4 is 11.1 Å². The van der Waals surface area contributed by atoms with Crippen LogP contribution in [0.1, 0.15) is 6.42 Å². The first-order valence-corrected chi connectivity index (χ1v) is 7.13. The Labute approximate surface area is 156 Å². The molecule has 10 heteroatoms. The quantitative estimate of drug-likeness (QED) is 0.680. The van der Waals surface area contributed by atoms with Gasteiger partial charge in [-0.15, -0.1) is 24.8 Å². The number of rotatable bonds is 7. The van der Waals surface area contributed by atoms with Crippen molar-refractivity contribution in [3.8, 4) is 0 Å². The predicted octanol–water partition coefficient (Wildman–Crippen LogP) is 1.45. The maximum Gasteiger partial charge on any atom is 0.245 e. The van der Waals surface area contributed by atoms with E-state index in [0.29, 0.717) is 5.82 Å². The molecule has 1 unspecified atom stereocenters. The van der Waals surface area contributed by atoms with Crippen LogP contribution in [-0.2, 0) is 14.3 Å². The van der Waals surface area contributed by atoms with Crippen LogP contribution in [0.5, 0.6) is 0 Å². The molecule has 23 heavy (non-hydrogen) atoms. The highest BCUT2D eigenvalue weighted by molar-refractivity contribution is 9.10. The monoisotopic (exact) mass is 430 g/mol. The third kappa shape index (κ3) is 9.07. The van der Waals surface area contributed by atoms with Crippen molar-refractivity contribution in [2.24, 2.45) is 5.73 Å². The second-order valence-electron chi connectivity index (χ2n) is 4.46. The number of hydrogen-bond donors (Lipinski definition) is 2. The number of ether oxygens (including phenoxy) is 1. The number of halogens is 3. The lowest BCUT2D eigenvalue weighted by molar-refractivity contribution is -0.135. The normalized spacial score (nSPS) is 10.8. The van der Waals surface area contributed by atoms with Crippen molar-refractivity contribution in [2.75, 3.05) is 32.6 Å². The second-order valence-corrected chi connectivity index (χ2v) is 5.37. The second kappa shape index (κ2) is 12.5. The largest absolute Gasteiger partial charge is 0.380 e. The first-order chi connectivity index (χ1) is 9.96. The SMILES string of the molecule is COC(CN)CC(=O)N(C)CC(=O)Nc1ccc(Br)cn1.Cl.Cl. The smallest absolute Gasteiger partial charge is 0.245 e. The summed E-state index contributed by atoms with van der Waals surface area (Å²) in [6.07, 6.45) is 1.39. The van der Waals surface area contributed by atoms with Gasteiger partial charge in [-0.1, -0.05) is 0 Å². The summed E-state index contributed by atoms with van der Waals surface area (Å²) in [6.45, 7) is 0.197. The van der Waals surface area contributed by atoms with Gasteiger partial charge in [0.1, 0.15) is 5.82 Å². The molecule has 1 aromatic heterocycles. The third-order valence-corrected chi connectivity index (χ3v) is 3.27. The molecule has 0 bridgehead atoms. The number of likely N-dealkylation sites (N-methyl/N-ethyl adjacent to an activating group) is 1. The summed E-state index contributed by atoms with van der Waals surface area (Å²) in [5.74, 6) is -0.0885. The zero-order chi connectivity index (χ0) is 15.8. The fourth-order valence-corrected chi connectivity index (χ4v) is 1.78. The minimum absolute atomic E-state index is 0. The van der Waals surface area contributed by atoms with Crippen LogP contribution in [0, 0.1) is 0 Å². The Bertz CT molecular complexity index is 487. The van der Waals surface area contributed by atoms with Crippen LogP contribution in [0.4, 0.5) is 5.82 Å². The number of carbonyl (C=O) groups excluding carboxylic acids is 2. The van der Waals surface area contributed by atoms with Crippen LogP contribution in [0.2, 0.25) is 0 Å². The summed E-state index contributed by atoms with van der Waals surface area (Å²) in [5, 5.41) is 2.62. The predicted molar refractivity (Wildman–Crippen MR) is 97.2 cm³/mol. The number of amides is 2. The van der Waals surface area contributed by atoms with Crippen molar-refractivity contribution in [1.82, 2.24) is 9.88 Å². The molecule has 1 rings (SSSR count). The van der Waals surface area contributed by atoms with E-state index >= 15 is 0 Å². The van der Waals surface area contributed by atoms with Crippen molar-refractivity contribution in [1.29, 1.82) is 0 Å². The molecule has 7 nitrogen and oxygen atoms in total. The van der Waals surface area contributed by atoms with Gasteiger partial charge in [-0.2, -0.15) is 0 Å². The molecule has 0 spiro atoms. The van der Waals surface area contributed by atoms with Crippen molar-refractivity contribution in [3.63, 3.8) is 0 Å². The number of hydrogen-bond acceptors (Lipinski definition) is 5. The van der Waals surface area contributed by atoms with Gasteiger partial charge in [0.05, 0.1) is 19.1 Å². The molecule has 0 aromatic carbocycles. The fraction of sp³-hybridized carbons (Fsp3) is 0.462. The Kier molecular flexibility index (Phi) is 13.2. The first-order valence-electron chi connectivity index (χ1n) is 6.34.